The van der Waals surface area contributed by atoms with Crippen LogP contribution in [0.25, 0.3) is 0 Å². The summed E-state index contributed by atoms with van der Waals surface area (Å²) in [7, 11) is 4.63. The quantitative estimate of drug-likeness (QED) is 0.255. The molecule has 1 unspecified atom stereocenters. The summed E-state index contributed by atoms with van der Waals surface area (Å²) in [4.78, 5) is 28.5. The van der Waals surface area contributed by atoms with E-state index >= 15 is 0 Å². The first-order chi connectivity index (χ1) is 17.9. The first-order valence-electron chi connectivity index (χ1n) is 11.6. The van der Waals surface area contributed by atoms with Crippen LogP contribution >= 0.6 is 11.8 Å². The van der Waals surface area contributed by atoms with Gasteiger partial charge in [0.15, 0.2) is 17.3 Å². The first-order valence-corrected chi connectivity index (χ1v) is 12.6. The fraction of sp³-hybridized carbons (Fsp3) is 0.320. The lowest BCUT2D eigenvalue weighted by atomic mass is 9.85. The number of fused-ring (bicyclic) bond motifs is 1. The van der Waals surface area contributed by atoms with Crippen molar-refractivity contribution >= 4 is 29.2 Å². The molecule has 12 heteroatoms. The van der Waals surface area contributed by atoms with Crippen LogP contribution in [0.3, 0.4) is 0 Å². The van der Waals surface area contributed by atoms with Gasteiger partial charge in [0.2, 0.25) is 16.9 Å². The van der Waals surface area contributed by atoms with E-state index in [0.717, 1.165) is 29.7 Å². The summed E-state index contributed by atoms with van der Waals surface area (Å²) in [5.41, 5.74) is 3.06. The van der Waals surface area contributed by atoms with Crippen LogP contribution in [0.1, 0.15) is 36.4 Å². The third kappa shape index (κ3) is 4.59. The number of allylic oxidation sites excluding steroid dienone is 2. The van der Waals surface area contributed by atoms with Crippen LogP contribution < -0.4 is 19.5 Å². The fourth-order valence-electron chi connectivity index (χ4n) is 4.67. The Morgan fingerprint density at radius 1 is 1.14 bits per heavy atom. The Hall–Kier alpha value is -4.06. The summed E-state index contributed by atoms with van der Waals surface area (Å²) in [5, 5.41) is 19.6. The van der Waals surface area contributed by atoms with Crippen molar-refractivity contribution in [3.8, 4) is 17.2 Å². The second-order valence-electron chi connectivity index (χ2n) is 8.53. The number of anilines is 1. The van der Waals surface area contributed by atoms with E-state index in [0.29, 0.717) is 46.1 Å². The largest absolute Gasteiger partial charge is 0.493 e. The van der Waals surface area contributed by atoms with E-state index in [4.69, 9.17) is 19.3 Å². The molecule has 0 fully saturated rings. The molecule has 11 nitrogen and oxygen atoms in total. The zero-order chi connectivity index (χ0) is 26.1. The Labute approximate surface area is 217 Å². The molecule has 5 rings (SSSR count). The topological polar surface area (TPSA) is 131 Å². The predicted octanol–water partition coefficient (Wildman–Crippen LogP) is 4.53. The number of benzene rings is 2. The van der Waals surface area contributed by atoms with Gasteiger partial charge in [0.05, 0.1) is 26.3 Å². The number of nitrogens with one attached hydrogen (secondary N) is 1. The van der Waals surface area contributed by atoms with Gasteiger partial charge >= 0.3 is 0 Å². The lowest BCUT2D eigenvalue weighted by Gasteiger charge is -2.32. The van der Waals surface area contributed by atoms with Gasteiger partial charge in [0.25, 0.3) is 5.69 Å². The van der Waals surface area contributed by atoms with Crippen LogP contribution in [-0.2, 0) is 10.5 Å². The molecule has 0 amide bonds. The zero-order valence-electron chi connectivity index (χ0n) is 20.5. The number of ketones is 1. The summed E-state index contributed by atoms with van der Waals surface area (Å²) in [6.07, 6.45) is 1.94. The molecular weight excluding hydrogens is 498 g/mol. The van der Waals surface area contributed by atoms with Gasteiger partial charge in [0, 0.05) is 35.6 Å². The van der Waals surface area contributed by atoms with E-state index in [-0.39, 0.29) is 11.5 Å². The molecule has 37 heavy (non-hydrogen) atoms. The third-order valence-corrected chi connectivity index (χ3v) is 7.25. The SMILES string of the molecule is COc1cc(C2C3=C(CCCC3=O)Nc3nc(SCc4cccc([N+](=O)[O-])c4)nn32)cc(OC)c1OC. The lowest BCUT2D eigenvalue weighted by molar-refractivity contribution is -0.384. The molecule has 1 atom stereocenters. The number of ether oxygens (including phenoxy) is 3. The van der Waals surface area contributed by atoms with Crippen molar-refractivity contribution in [2.75, 3.05) is 26.6 Å². The van der Waals surface area contributed by atoms with E-state index < -0.39 is 11.0 Å². The minimum atomic E-state index is -0.535. The number of carbonyl (C=O) groups is 1. The molecule has 1 N–H and O–H groups in total. The predicted molar refractivity (Wildman–Crippen MR) is 136 cm³/mol. The molecule has 0 radical (unpaired) electrons. The van der Waals surface area contributed by atoms with Gasteiger partial charge < -0.3 is 19.5 Å². The highest BCUT2D eigenvalue weighted by atomic mass is 32.2. The molecule has 1 aliphatic heterocycles. The molecule has 2 heterocycles. The average molecular weight is 524 g/mol. The second kappa shape index (κ2) is 10.1. The Morgan fingerprint density at radius 2 is 1.89 bits per heavy atom. The summed E-state index contributed by atoms with van der Waals surface area (Å²) in [5.74, 6) is 2.43. The molecule has 192 valence electrons. The van der Waals surface area contributed by atoms with Crippen molar-refractivity contribution in [2.24, 2.45) is 0 Å². The highest BCUT2D eigenvalue weighted by molar-refractivity contribution is 7.98. The fourth-order valence-corrected chi connectivity index (χ4v) is 5.44. The Morgan fingerprint density at radius 3 is 2.57 bits per heavy atom. The molecule has 0 saturated carbocycles. The van der Waals surface area contributed by atoms with Crippen LogP contribution in [0.2, 0.25) is 0 Å². The van der Waals surface area contributed by atoms with Crippen molar-refractivity contribution in [2.45, 2.75) is 36.2 Å². The van der Waals surface area contributed by atoms with E-state index in [1.54, 1.807) is 31.0 Å². The molecule has 2 aromatic carbocycles. The average Bonchev–Trinajstić information content (AvgIpc) is 3.32. The number of non-ortho nitro benzene ring substituents is 1. The number of hydrogen-bond acceptors (Lipinski definition) is 10. The maximum Gasteiger partial charge on any atom is 0.269 e. The summed E-state index contributed by atoms with van der Waals surface area (Å²) in [6, 6.07) is 9.60. The van der Waals surface area contributed by atoms with Crippen LogP contribution in [0, 0.1) is 10.1 Å². The zero-order valence-corrected chi connectivity index (χ0v) is 21.3. The van der Waals surface area contributed by atoms with Crippen molar-refractivity contribution in [3.63, 3.8) is 0 Å². The second-order valence-corrected chi connectivity index (χ2v) is 9.48. The van der Waals surface area contributed by atoms with E-state index in [9.17, 15) is 14.9 Å². The smallest absolute Gasteiger partial charge is 0.269 e. The molecule has 1 aromatic heterocycles. The van der Waals surface area contributed by atoms with E-state index in [1.165, 1.54) is 24.9 Å². The number of hydrogen-bond donors (Lipinski definition) is 1. The van der Waals surface area contributed by atoms with Gasteiger partial charge in [-0.15, -0.1) is 5.10 Å². The van der Waals surface area contributed by atoms with Crippen LogP contribution in [0.15, 0.2) is 52.8 Å². The number of rotatable bonds is 8. The normalized spacial score (nSPS) is 16.5. The summed E-state index contributed by atoms with van der Waals surface area (Å²) >= 11 is 1.36. The highest BCUT2D eigenvalue weighted by Gasteiger charge is 2.37. The Bertz CT molecular complexity index is 1390. The van der Waals surface area contributed by atoms with Crippen LogP contribution in [0.4, 0.5) is 11.6 Å². The molecule has 0 spiro atoms. The van der Waals surface area contributed by atoms with Crippen LogP contribution in [0.5, 0.6) is 17.2 Å². The number of nitro benzene ring substituents is 1. The van der Waals surface area contributed by atoms with Gasteiger partial charge in [-0.05, 0) is 36.1 Å². The minimum absolute atomic E-state index is 0.0368. The van der Waals surface area contributed by atoms with Gasteiger partial charge in [0.1, 0.15) is 6.04 Å². The van der Waals surface area contributed by atoms with Crippen molar-refractivity contribution in [3.05, 3.63) is 68.9 Å². The molecule has 0 bridgehead atoms. The Kier molecular flexibility index (Phi) is 6.74. The van der Waals surface area contributed by atoms with Crippen molar-refractivity contribution in [1.29, 1.82) is 0 Å². The highest BCUT2D eigenvalue weighted by Crippen LogP contribution is 2.45. The number of nitro groups is 1. The van der Waals surface area contributed by atoms with Crippen molar-refractivity contribution < 1.29 is 23.9 Å². The number of methoxy groups -OCH3 is 3. The molecule has 2 aliphatic rings. The van der Waals surface area contributed by atoms with Gasteiger partial charge in [-0.1, -0.05) is 23.9 Å². The third-order valence-electron chi connectivity index (χ3n) is 6.34. The minimum Gasteiger partial charge on any atom is -0.493 e. The molecule has 1 aliphatic carbocycles. The summed E-state index contributed by atoms with van der Waals surface area (Å²) < 4.78 is 18.3. The van der Waals surface area contributed by atoms with Gasteiger partial charge in [-0.2, -0.15) is 4.98 Å². The number of nitrogens with zero attached hydrogens (tertiary/aromatic N) is 4. The van der Waals surface area contributed by atoms with Gasteiger partial charge in [-0.25, -0.2) is 4.68 Å². The number of thioether (sulfide) groups is 1. The first kappa shape index (κ1) is 24.6. The Balaban J connectivity index is 1.54. The maximum absolute atomic E-state index is 13.2. The molecule has 3 aromatic rings. The summed E-state index contributed by atoms with van der Waals surface area (Å²) in [6.45, 7) is 0. The van der Waals surface area contributed by atoms with Crippen molar-refractivity contribution in [1.82, 2.24) is 14.8 Å². The standard InChI is InChI=1S/C25H25N5O6S/c1-34-19-11-15(12-20(35-2)23(19)36-3)22-21-17(8-5-9-18(21)31)26-24-27-25(28-29(22)24)37-13-14-6-4-7-16(10-14)30(32)33/h4,6-7,10-12,22H,5,8-9,13H2,1-3H3,(H,26,27,28). The monoisotopic (exact) mass is 523 g/mol. The van der Waals surface area contributed by atoms with Gasteiger partial charge in [-0.3, -0.25) is 14.9 Å². The van der Waals surface area contributed by atoms with Crippen LogP contribution in [-0.4, -0.2) is 46.8 Å². The molecule has 0 saturated heterocycles. The molecular formula is C25H25N5O6S. The van der Waals surface area contributed by atoms with E-state index in [2.05, 4.69) is 10.3 Å². The van der Waals surface area contributed by atoms with E-state index in [1.807, 2.05) is 18.2 Å². The number of carbonyl (C=O) groups excluding carboxylic acids is 1. The lowest BCUT2D eigenvalue weighted by Crippen LogP contribution is -2.31. The number of aromatic nitrogens is 3. The maximum atomic E-state index is 13.2. The number of Topliss-reactive ketones (excluding diaryl/α,β-unsaturated/α-hetero) is 1.